The number of nitrogens with one attached hydrogen (secondary N) is 1. The van der Waals surface area contributed by atoms with Crippen molar-refractivity contribution in [2.45, 2.75) is 45.0 Å². The molecule has 1 aromatic heterocycles. The average Bonchev–Trinajstić information content (AvgIpc) is 3.28. The monoisotopic (exact) mass is 494 g/mol. The Bertz CT molecular complexity index is 1210. The topological polar surface area (TPSA) is 87.5 Å². The Kier molecular flexibility index (Phi) is 7.97. The van der Waals surface area contributed by atoms with Crippen molar-refractivity contribution >= 4 is 23.7 Å². The van der Waals surface area contributed by atoms with Gasteiger partial charge in [0.25, 0.3) is 0 Å². The first-order chi connectivity index (χ1) is 17.0. The number of fused-ring (bicyclic) bond motifs is 1. The normalized spacial score (nSPS) is 14.8. The van der Waals surface area contributed by atoms with Crippen LogP contribution in [-0.2, 0) is 16.1 Å². The highest BCUT2D eigenvalue weighted by Gasteiger charge is 2.35. The fourth-order valence-corrected chi connectivity index (χ4v) is 4.56. The van der Waals surface area contributed by atoms with E-state index in [9.17, 15) is 4.79 Å². The van der Waals surface area contributed by atoms with Crippen molar-refractivity contribution in [3.8, 4) is 11.5 Å². The van der Waals surface area contributed by atoms with E-state index in [0.29, 0.717) is 40.5 Å². The number of nitrogens with zero attached hydrogens (tertiary/aromatic N) is 3. The van der Waals surface area contributed by atoms with Gasteiger partial charge in [-0.25, -0.2) is 9.48 Å². The predicted molar refractivity (Wildman–Crippen MR) is 136 cm³/mol. The van der Waals surface area contributed by atoms with Crippen LogP contribution < -0.4 is 14.8 Å². The second-order valence-corrected chi connectivity index (χ2v) is 9.04. The highest BCUT2D eigenvalue weighted by atomic mass is 32.2. The lowest BCUT2D eigenvalue weighted by Crippen LogP contribution is -2.29. The Labute approximate surface area is 209 Å². The molecule has 2 aromatic carbocycles. The first-order valence-electron chi connectivity index (χ1n) is 11.6. The molecule has 0 spiro atoms. The summed E-state index contributed by atoms with van der Waals surface area (Å²) in [6.07, 6.45) is 1.01. The van der Waals surface area contributed by atoms with Crippen LogP contribution in [0.25, 0.3) is 0 Å². The molecule has 2 heterocycles. The number of hydrogen-bond donors (Lipinski definition) is 1. The van der Waals surface area contributed by atoms with Gasteiger partial charge < -0.3 is 19.5 Å². The zero-order valence-electron chi connectivity index (χ0n) is 20.4. The fourth-order valence-electron chi connectivity index (χ4n) is 3.88. The van der Waals surface area contributed by atoms with Gasteiger partial charge in [-0.15, -0.1) is 5.10 Å². The van der Waals surface area contributed by atoms with Crippen molar-refractivity contribution < 1.29 is 19.0 Å². The van der Waals surface area contributed by atoms with E-state index in [0.717, 1.165) is 23.3 Å². The quantitative estimate of drug-likeness (QED) is 0.303. The van der Waals surface area contributed by atoms with Gasteiger partial charge in [0.1, 0.15) is 12.6 Å². The average molecular weight is 495 g/mol. The van der Waals surface area contributed by atoms with Gasteiger partial charge in [-0.3, -0.25) is 0 Å². The minimum atomic E-state index is -0.522. The van der Waals surface area contributed by atoms with Crippen molar-refractivity contribution in [1.29, 1.82) is 0 Å². The van der Waals surface area contributed by atoms with Crippen LogP contribution in [0.2, 0.25) is 0 Å². The zero-order valence-corrected chi connectivity index (χ0v) is 21.2. The molecule has 35 heavy (non-hydrogen) atoms. The van der Waals surface area contributed by atoms with E-state index in [1.807, 2.05) is 55.5 Å². The maximum atomic E-state index is 13.0. The summed E-state index contributed by atoms with van der Waals surface area (Å²) in [5, 5.41) is 8.60. The van der Waals surface area contributed by atoms with Crippen LogP contribution in [0.3, 0.4) is 0 Å². The maximum absolute atomic E-state index is 13.0. The molecule has 1 atom stereocenters. The Balaban J connectivity index is 1.71. The minimum absolute atomic E-state index is 0.278. The summed E-state index contributed by atoms with van der Waals surface area (Å²) in [6.45, 7) is 6.45. The molecule has 184 valence electrons. The van der Waals surface area contributed by atoms with Crippen LogP contribution in [0.5, 0.6) is 11.5 Å². The summed E-state index contributed by atoms with van der Waals surface area (Å²) in [6, 6.07) is 15.1. The number of rotatable bonds is 10. The number of anilines is 1. The number of methoxy groups -OCH3 is 1. The molecule has 0 radical (unpaired) electrons. The van der Waals surface area contributed by atoms with Crippen LogP contribution in [0.1, 0.15) is 44.4 Å². The number of benzene rings is 2. The maximum Gasteiger partial charge on any atom is 0.338 e. The van der Waals surface area contributed by atoms with E-state index >= 15 is 0 Å². The van der Waals surface area contributed by atoms with E-state index in [1.165, 1.54) is 0 Å². The third kappa shape index (κ3) is 5.45. The summed E-state index contributed by atoms with van der Waals surface area (Å²) in [5.41, 5.74) is 3.04. The lowest BCUT2D eigenvalue weighted by atomic mass is 9.95. The van der Waals surface area contributed by atoms with Crippen LogP contribution in [0.15, 0.2) is 65.0 Å². The number of allylic oxidation sites excluding steroid dienone is 1. The molecule has 9 heteroatoms. The largest absolute Gasteiger partial charge is 0.493 e. The summed E-state index contributed by atoms with van der Waals surface area (Å²) in [5.74, 6) is 2.29. The Morgan fingerprint density at radius 1 is 1.14 bits per heavy atom. The summed E-state index contributed by atoms with van der Waals surface area (Å²) >= 11 is 1.58. The third-order valence-corrected chi connectivity index (χ3v) is 6.55. The van der Waals surface area contributed by atoms with Gasteiger partial charge in [-0.1, -0.05) is 55.1 Å². The molecule has 0 saturated heterocycles. The van der Waals surface area contributed by atoms with Crippen molar-refractivity contribution in [3.63, 3.8) is 0 Å². The van der Waals surface area contributed by atoms with Crippen molar-refractivity contribution in [3.05, 3.63) is 70.9 Å². The van der Waals surface area contributed by atoms with E-state index in [4.69, 9.17) is 19.3 Å². The van der Waals surface area contributed by atoms with E-state index in [2.05, 4.69) is 17.2 Å². The molecular formula is C26H30N4O4S. The van der Waals surface area contributed by atoms with Gasteiger partial charge in [-0.2, -0.15) is 4.98 Å². The highest BCUT2D eigenvalue weighted by Crippen LogP contribution is 2.40. The molecule has 1 N–H and O–H groups in total. The number of thioether (sulfide) groups is 1. The summed E-state index contributed by atoms with van der Waals surface area (Å²) in [4.78, 5) is 17.7. The van der Waals surface area contributed by atoms with Crippen molar-refractivity contribution in [2.75, 3.05) is 24.8 Å². The van der Waals surface area contributed by atoms with Gasteiger partial charge in [-0.05, 0) is 43.5 Å². The fraction of sp³-hybridized carbons (Fsp3) is 0.346. The summed E-state index contributed by atoms with van der Waals surface area (Å²) in [7, 11) is 1.60. The zero-order chi connectivity index (χ0) is 24.8. The predicted octanol–water partition coefficient (Wildman–Crippen LogP) is 5.22. The number of carbonyl (C=O) groups is 1. The number of ether oxygens (including phenoxy) is 3. The molecule has 3 aromatic rings. The van der Waals surface area contributed by atoms with Gasteiger partial charge >= 0.3 is 5.97 Å². The van der Waals surface area contributed by atoms with Gasteiger partial charge in [0.05, 0.1) is 19.3 Å². The van der Waals surface area contributed by atoms with Gasteiger partial charge in [0.15, 0.2) is 11.5 Å². The standard InChI is InChI=1S/C26H30N4O4S/c1-5-14-35-26-28-25-27-17(3)22(24(31)33-6-2)23(30(25)29-26)19-12-13-20(21(15-19)32-4)34-16-18-10-8-7-9-11-18/h7-13,15,23H,5-6,14,16H2,1-4H3,(H,27,28,29). The smallest absolute Gasteiger partial charge is 0.338 e. The Morgan fingerprint density at radius 2 is 1.94 bits per heavy atom. The Hall–Kier alpha value is -3.46. The van der Waals surface area contributed by atoms with E-state index < -0.39 is 12.0 Å². The van der Waals surface area contributed by atoms with Gasteiger partial charge in [0.2, 0.25) is 11.1 Å². The SMILES string of the molecule is CCCSc1nc2n(n1)C(c1ccc(OCc3ccccc3)c(OC)c1)C(C(=O)OCC)=C(C)N2. The second-order valence-electron chi connectivity index (χ2n) is 7.98. The van der Waals surface area contributed by atoms with Crippen LogP contribution in [0, 0.1) is 0 Å². The molecule has 1 aliphatic heterocycles. The number of esters is 1. The van der Waals surface area contributed by atoms with Gasteiger partial charge in [0, 0.05) is 11.4 Å². The molecule has 1 unspecified atom stereocenters. The molecular weight excluding hydrogens is 464 g/mol. The van der Waals surface area contributed by atoms with Crippen LogP contribution in [0.4, 0.5) is 5.95 Å². The lowest BCUT2D eigenvalue weighted by molar-refractivity contribution is -0.139. The molecule has 0 fully saturated rings. The van der Waals surface area contributed by atoms with Crippen molar-refractivity contribution in [2.24, 2.45) is 0 Å². The number of carbonyl (C=O) groups excluding carboxylic acids is 1. The van der Waals surface area contributed by atoms with Crippen LogP contribution >= 0.6 is 11.8 Å². The molecule has 0 aliphatic carbocycles. The lowest BCUT2D eigenvalue weighted by Gasteiger charge is -2.28. The molecule has 8 nitrogen and oxygen atoms in total. The first kappa shape index (κ1) is 24.7. The minimum Gasteiger partial charge on any atom is -0.493 e. The summed E-state index contributed by atoms with van der Waals surface area (Å²) < 4.78 is 18.8. The Morgan fingerprint density at radius 3 is 2.66 bits per heavy atom. The second kappa shape index (κ2) is 11.3. The first-order valence-corrected chi connectivity index (χ1v) is 12.6. The van der Waals surface area contributed by atoms with Crippen molar-refractivity contribution in [1.82, 2.24) is 14.8 Å². The number of hydrogen-bond acceptors (Lipinski definition) is 8. The van der Waals surface area contributed by atoms with E-state index in [-0.39, 0.29) is 6.61 Å². The van der Waals surface area contributed by atoms with E-state index in [1.54, 1.807) is 30.5 Å². The van der Waals surface area contributed by atoms with Crippen LogP contribution in [-0.4, -0.2) is 40.2 Å². The molecule has 4 rings (SSSR count). The molecule has 0 bridgehead atoms. The molecule has 0 amide bonds. The third-order valence-electron chi connectivity index (χ3n) is 5.50. The molecule has 1 aliphatic rings. The number of aromatic nitrogens is 3. The highest BCUT2D eigenvalue weighted by molar-refractivity contribution is 7.99. The molecule has 0 saturated carbocycles.